The van der Waals surface area contributed by atoms with Crippen molar-refractivity contribution in [3.05, 3.63) is 27.4 Å². The lowest BCUT2D eigenvalue weighted by Crippen LogP contribution is -2.18. The quantitative estimate of drug-likeness (QED) is 0.927. The maximum Gasteiger partial charge on any atom is 0.250 e. The Balaban J connectivity index is 2.77. The lowest BCUT2D eigenvalue weighted by molar-refractivity contribution is -0.120. The molecule has 0 aromatic heterocycles. The van der Waals surface area contributed by atoms with Gasteiger partial charge in [-0.1, -0.05) is 11.6 Å². The second kappa shape index (κ2) is 6.18. The molecule has 0 unspecified atom stereocenters. The second-order valence-corrected chi connectivity index (χ2v) is 4.19. The summed E-state index contributed by atoms with van der Waals surface area (Å²) in [5, 5.41) is 2.67. The number of carbonyl (C=O) groups excluding carboxylic acids is 1. The fourth-order valence-corrected chi connectivity index (χ4v) is 1.93. The number of amides is 1. The first-order valence-corrected chi connectivity index (χ1v) is 5.73. The molecule has 3 nitrogen and oxygen atoms in total. The van der Waals surface area contributed by atoms with E-state index in [1.54, 1.807) is 6.92 Å². The minimum atomic E-state index is -0.473. The summed E-state index contributed by atoms with van der Waals surface area (Å²) in [7, 11) is 0. The third-order valence-electron chi connectivity index (χ3n) is 1.71. The minimum absolute atomic E-state index is 0.0589. The molecule has 0 bridgehead atoms. The Morgan fingerprint density at radius 3 is 2.88 bits per heavy atom. The second-order valence-electron chi connectivity index (χ2n) is 2.93. The van der Waals surface area contributed by atoms with Crippen LogP contribution in [0.25, 0.3) is 0 Å². The van der Waals surface area contributed by atoms with E-state index < -0.39 is 5.82 Å². The summed E-state index contributed by atoms with van der Waals surface area (Å²) < 4.78 is 18.2. The molecule has 0 aliphatic rings. The molecular weight excluding hydrogens is 300 g/mol. The van der Waals surface area contributed by atoms with Crippen molar-refractivity contribution in [3.63, 3.8) is 0 Å². The van der Waals surface area contributed by atoms with E-state index in [1.165, 1.54) is 6.07 Å². The van der Waals surface area contributed by atoms with E-state index in [9.17, 15) is 9.18 Å². The molecule has 0 saturated carbocycles. The normalized spacial score (nSPS) is 10.2. The van der Waals surface area contributed by atoms with Gasteiger partial charge in [-0.15, -0.1) is 0 Å². The van der Waals surface area contributed by atoms with Gasteiger partial charge in [0.1, 0.15) is 12.4 Å². The number of benzene rings is 1. The van der Waals surface area contributed by atoms with Crippen molar-refractivity contribution >= 4 is 39.1 Å². The fourth-order valence-electron chi connectivity index (χ4n) is 1.03. The maximum atomic E-state index is 12.9. The monoisotopic (exact) mass is 309 g/mol. The molecule has 0 spiro atoms. The number of halogens is 3. The van der Waals surface area contributed by atoms with Crippen molar-refractivity contribution < 1.29 is 13.9 Å². The molecule has 1 aromatic carbocycles. The summed E-state index contributed by atoms with van der Waals surface area (Å²) in [4.78, 5) is 11.4. The number of anilines is 1. The number of hydrogen-bond acceptors (Lipinski definition) is 2. The van der Waals surface area contributed by atoms with Gasteiger partial charge in [-0.25, -0.2) is 4.39 Å². The van der Waals surface area contributed by atoms with Crippen molar-refractivity contribution in [2.75, 3.05) is 18.5 Å². The highest BCUT2D eigenvalue weighted by molar-refractivity contribution is 9.10. The Labute approximate surface area is 106 Å². The van der Waals surface area contributed by atoms with Gasteiger partial charge >= 0.3 is 0 Å². The van der Waals surface area contributed by atoms with Crippen LogP contribution in [0.15, 0.2) is 16.6 Å². The lowest BCUT2D eigenvalue weighted by Gasteiger charge is -2.09. The highest BCUT2D eigenvalue weighted by Crippen LogP contribution is 2.31. The van der Waals surface area contributed by atoms with E-state index in [2.05, 4.69) is 21.2 Å². The predicted molar refractivity (Wildman–Crippen MR) is 64.2 cm³/mol. The van der Waals surface area contributed by atoms with Crippen molar-refractivity contribution in [1.29, 1.82) is 0 Å². The summed E-state index contributed by atoms with van der Waals surface area (Å²) in [6.07, 6.45) is 0. The molecule has 1 N–H and O–H groups in total. The van der Waals surface area contributed by atoms with Gasteiger partial charge in [0.2, 0.25) is 5.91 Å². The molecule has 0 heterocycles. The van der Waals surface area contributed by atoms with Gasteiger partial charge in [0.25, 0.3) is 0 Å². The average molecular weight is 311 g/mol. The first-order valence-electron chi connectivity index (χ1n) is 4.56. The summed E-state index contributed by atoms with van der Waals surface area (Å²) in [6.45, 7) is 2.18. The van der Waals surface area contributed by atoms with Gasteiger partial charge in [-0.2, -0.15) is 0 Å². The molecule has 88 valence electrons. The summed E-state index contributed by atoms with van der Waals surface area (Å²) in [6, 6.07) is 2.35. The fraction of sp³-hybridized carbons (Fsp3) is 0.300. The molecule has 0 saturated heterocycles. The van der Waals surface area contributed by atoms with Crippen LogP contribution in [-0.2, 0) is 9.53 Å². The third-order valence-corrected chi connectivity index (χ3v) is 2.63. The van der Waals surface area contributed by atoms with E-state index in [0.29, 0.717) is 16.8 Å². The SMILES string of the molecule is CCOCC(=O)Nc1c(Cl)cc(F)cc1Br. The van der Waals surface area contributed by atoms with Gasteiger partial charge in [0.15, 0.2) is 0 Å². The van der Waals surface area contributed by atoms with Gasteiger partial charge in [0, 0.05) is 11.1 Å². The molecular formula is C10H10BrClFNO2. The molecule has 6 heteroatoms. The minimum Gasteiger partial charge on any atom is -0.372 e. The van der Waals surface area contributed by atoms with E-state index in [4.69, 9.17) is 16.3 Å². The maximum absolute atomic E-state index is 12.9. The molecule has 0 aliphatic carbocycles. The Morgan fingerprint density at radius 2 is 2.31 bits per heavy atom. The van der Waals surface area contributed by atoms with Crippen LogP contribution in [0.4, 0.5) is 10.1 Å². The number of carbonyl (C=O) groups is 1. The number of rotatable bonds is 4. The summed E-state index contributed by atoms with van der Waals surface area (Å²) in [5.41, 5.74) is 0.341. The topological polar surface area (TPSA) is 38.3 Å². The van der Waals surface area contributed by atoms with E-state index in [0.717, 1.165) is 6.07 Å². The van der Waals surface area contributed by atoms with Crippen LogP contribution in [0.3, 0.4) is 0 Å². The van der Waals surface area contributed by atoms with Crippen LogP contribution in [0, 0.1) is 5.82 Å². The zero-order valence-corrected chi connectivity index (χ0v) is 10.9. The smallest absolute Gasteiger partial charge is 0.250 e. The zero-order valence-electron chi connectivity index (χ0n) is 8.52. The number of nitrogens with one attached hydrogen (secondary N) is 1. The Morgan fingerprint density at radius 1 is 1.62 bits per heavy atom. The average Bonchev–Trinajstić information content (AvgIpc) is 2.20. The number of ether oxygens (including phenoxy) is 1. The molecule has 1 rings (SSSR count). The molecule has 1 aromatic rings. The van der Waals surface area contributed by atoms with Crippen LogP contribution in [-0.4, -0.2) is 19.1 Å². The van der Waals surface area contributed by atoms with E-state index >= 15 is 0 Å². The van der Waals surface area contributed by atoms with Gasteiger partial charge in [-0.05, 0) is 35.0 Å². The van der Waals surface area contributed by atoms with Crippen LogP contribution < -0.4 is 5.32 Å². The summed E-state index contributed by atoms with van der Waals surface area (Å²) in [5.74, 6) is -0.809. The molecule has 16 heavy (non-hydrogen) atoms. The first-order chi connectivity index (χ1) is 7.54. The standard InChI is InChI=1S/C10H10BrClFNO2/c1-2-16-5-9(15)14-10-7(11)3-6(13)4-8(10)12/h3-4H,2,5H2,1H3,(H,14,15). The predicted octanol–water partition coefficient (Wildman–Crippen LogP) is 3.22. The van der Waals surface area contributed by atoms with Gasteiger partial charge < -0.3 is 10.1 Å². The van der Waals surface area contributed by atoms with Crippen molar-refractivity contribution in [2.45, 2.75) is 6.92 Å². The molecule has 0 fully saturated rings. The Kier molecular flexibility index (Phi) is 5.18. The third kappa shape index (κ3) is 3.73. The van der Waals surface area contributed by atoms with Crippen LogP contribution in [0.1, 0.15) is 6.92 Å². The highest BCUT2D eigenvalue weighted by atomic mass is 79.9. The molecule has 0 atom stereocenters. The van der Waals surface area contributed by atoms with Crippen molar-refractivity contribution in [2.24, 2.45) is 0 Å². The lowest BCUT2D eigenvalue weighted by atomic mass is 10.3. The number of hydrogen-bond donors (Lipinski definition) is 1. The largest absolute Gasteiger partial charge is 0.372 e. The first kappa shape index (κ1) is 13.4. The van der Waals surface area contributed by atoms with Crippen molar-refractivity contribution in [3.8, 4) is 0 Å². The summed E-state index contributed by atoms with van der Waals surface area (Å²) >= 11 is 8.90. The van der Waals surface area contributed by atoms with E-state index in [-0.39, 0.29) is 17.5 Å². The highest BCUT2D eigenvalue weighted by Gasteiger charge is 2.11. The van der Waals surface area contributed by atoms with Crippen molar-refractivity contribution in [1.82, 2.24) is 0 Å². The van der Waals surface area contributed by atoms with Gasteiger partial charge in [0.05, 0.1) is 10.7 Å². The van der Waals surface area contributed by atoms with Crippen LogP contribution in [0.2, 0.25) is 5.02 Å². The van der Waals surface area contributed by atoms with Crippen LogP contribution in [0.5, 0.6) is 0 Å². The molecule has 0 radical (unpaired) electrons. The van der Waals surface area contributed by atoms with Gasteiger partial charge in [-0.3, -0.25) is 4.79 Å². The Hall–Kier alpha value is -0.650. The molecule has 1 amide bonds. The van der Waals surface area contributed by atoms with Crippen LogP contribution >= 0.6 is 27.5 Å². The zero-order chi connectivity index (χ0) is 12.1. The molecule has 0 aliphatic heterocycles. The van der Waals surface area contributed by atoms with E-state index in [1.807, 2.05) is 0 Å². The Bertz CT molecular complexity index is 377.